The number of carboxylic acid groups (broad SMARTS) is 1. The van der Waals surface area contributed by atoms with Gasteiger partial charge in [0.1, 0.15) is 5.52 Å². The van der Waals surface area contributed by atoms with Gasteiger partial charge in [-0.3, -0.25) is 4.79 Å². The number of fused-ring (bicyclic) bond motifs is 1. The van der Waals surface area contributed by atoms with E-state index in [1.54, 1.807) is 13.8 Å². The number of aliphatic carboxylic acids is 1. The van der Waals surface area contributed by atoms with E-state index < -0.39 is 11.4 Å². The Morgan fingerprint density at radius 3 is 2.83 bits per heavy atom. The summed E-state index contributed by atoms with van der Waals surface area (Å²) in [7, 11) is 0. The van der Waals surface area contributed by atoms with Gasteiger partial charge in [0.15, 0.2) is 5.58 Å². The molecule has 0 aliphatic carbocycles. The lowest BCUT2D eigenvalue weighted by atomic mass is 9.91. The Hall–Kier alpha value is -1.49. The van der Waals surface area contributed by atoms with Gasteiger partial charge >= 0.3 is 5.97 Å². The van der Waals surface area contributed by atoms with Crippen LogP contribution in [-0.2, 0) is 4.79 Å². The van der Waals surface area contributed by atoms with E-state index in [9.17, 15) is 4.79 Å². The summed E-state index contributed by atoms with van der Waals surface area (Å²) in [4.78, 5) is 15.3. The molecule has 2 rings (SSSR count). The number of aromatic nitrogens is 1. The van der Waals surface area contributed by atoms with E-state index in [4.69, 9.17) is 9.52 Å². The van der Waals surface area contributed by atoms with Gasteiger partial charge in [-0.2, -0.15) is 0 Å². The van der Waals surface area contributed by atoms with Crippen LogP contribution in [0, 0.1) is 5.41 Å². The summed E-state index contributed by atoms with van der Waals surface area (Å²) >= 11 is 1.45. The third-order valence-corrected chi connectivity index (χ3v) is 3.64. The standard InChI is InChI=1S/C13H15NO3S/c1-13(2,11(15)16)7-8-18-12-14-9-5-3-4-6-10(9)17-12/h3-6H,7-8H2,1-2H3,(H,15,16). The van der Waals surface area contributed by atoms with E-state index in [1.807, 2.05) is 24.3 Å². The molecular formula is C13H15NO3S. The summed E-state index contributed by atoms with van der Waals surface area (Å²) in [6.07, 6.45) is 0.575. The van der Waals surface area contributed by atoms with Gasteiger partial charge in [0, 0.05) is 5.75 Å². The molecule has 1 heterocycles. The van der Waals surface area contributed by atoms with E-state index in [0.29, 0.717) is 17.4 Å². The third kappa shape index (κ3) is 2.85. The molecule has 4 nitrogen and oxygen atoms in total. The molecule has 0 atom stereocenters. The van der Waals surface area contributed by atoms with Crippen molar-refractivity contribution >= 4 is 28.8 Å². The van der Waals surface area contributed by atoms with Crippen LogP contribution in [0.5, 0.6) is 0 Å². The second kappa shape index (κ2) is 5.02. The smallest absolute Gasteiger partial charge is 0.309 e. The molecule has 0 saturated carbocycles. The molecule has 0 bridgehead atoms. The lowest BCUT2D eigenvalue weighted by molar-refractivity contribution is -0.146. The number of carboxylic acids is 1. The second-order valence-corrected chi connectivity index (χ2v) is 5.78. The Kier molecular flexibility index (Phi) is 3.61. The zero-order valence-electron chi connectivity index (χ0n) is 10.3. The molecule has 0 unspecified atom stereocenters. The SMILES string of the molecule is CC(C)(CCSc1nc2ccccc2o1)C(=O)O. The van der Waals surface area contributed by atoms with Crippen LogP contribution in [0.25, 0.3) is 11.1 Å². The fourth-order valence-electron chi connectivity index (χ4n) is 1.41. The van der Waals surface area contributed by atoms with E-state index in [-0.39, 0.29) is 0 Å². The van der Waals surface area contributed by atoms with Crippen molar-refractivity contribution in [2.75, 3.05) is 5.75 Å². The van der Waals surface area contributed by atoms with Gasteiger partial charge in [-0.05, 0) is 32.4 Å². The molecule has 1 aromatic heterocycles. The number of oxazole rings is 1. The number of carbonyl (C=O) groups is 1. The van der Waals surface area contributed by atoms with Crippen molar-refractivity contribution in [3.63, 3.8) is 0 Å². The average molecular weight is 265 g/mol. The number of thioether (sulfide) groups is 1. The van der Waals surface area contributed by atoms with E-state index in [0.717, 1.165) is 11.1 Å². The minimum absolute atomic E-state index is 0.575. The van der Waals surface area contributed by atoms with E-state index in [1.165, 1.54) is 11.8 Å². The number of benzene rings is 1. The number of para-hydroxylation sites is 2. The van der Waals surface area contributed by atoms with Crippen molar-refractivity contribution in [1.29, 1.82) is 0 Å². The first-order valence-electron chi connectivity index (χ1n) is 5.71. The number of nitrogens with zero attached hydrogens (tertiary/aromatic N) is 1. The van der Waals surface area contributed by atoms with Crippen molar-refractivity contribution in [2.24, 2.45) is 5.41 Å². The highest BCUT2D eigenvalue weighted by Crippen LogP contribution is 2.28. The Bertz CT molecular complexity index is 529. The monoisotopic (exact) mass is 265 g/mol. The molecule has 18 heavy (non-hydrogen) atoms. The summed E-state index contributed by atoms with van der Waals surface area (Å²) in [6, 6.07) is 7.57. The molecule has 1 N–H and O–H groups in total. The Morgan fingerprint density at radius 2 is 2.17 bits per heavy atom. The highest BCUT2D eigenvalue weighted by Gasteiger charge is 2.26. The van der Waals surface area contributed by atoms with Gasteiger partial charge in [0.2, 0.25) is 0 Å². The third-order valence-electron chi connectivity index (χ3n) is 2.81. The molecule has 2 aromatic rings. The molecule has 1 aromatic carbocycles. The van der Waals surface area contributed by atoms with Crippen molar-refractivity contribution in [2.45, 2.75) is 25.5 Å². The maximum atomic E-state index is 11.0. The fourth-order valence-corrected chi connectivity index (χ4v) is 2.51. The molecule has 0 saturated heterocycles. The highest BCUT2D eigenvalue weighted by atomic mass is 32.2. The number of hydrogen-bond donors (Lipinski definition) is 1. The van der Waals surface area contributed by atoms with Crippen LogP contribution >= 0.6 is 11.8 Å². The molecule has 0 amide bonds. The highest BCUT2D eigenvalue weighted by molar-refractivity contribution is 7.99. The first-order valence-corrected chi connectivity index (χ1v) is 6.69. The van der Waals surface area contributed by atoms with Crippen LogP contribution in [0.3, 0.4) is 0 Å². The van der Waals surface area contributed by atoms with Crippen LogP contribution in [0.4, 0.5) is 0 Å². The first-order chi connectivity index (χ1) is 8.49. The summed E-state index contributed by atoms with van der Waals surface area (Å²) in [5.41, 5.74) is 0.883. The Morgan fingerprint density at radius 1 is 1.44 bits per heavy atom. The van der Waals surface area contributed by atoms with Gasteiger partial charge in [-0.25, -0.2) is 4.98 Å². The van der Waals surface area contributed by atoms with Gasteiger partial charge in [-0.15, -0.1) is 0 Å². The molecule has 0 fully saturated rings. The molecule has 96 valence electrons. The van der Waals surface area contributed by atoms with Gasteiger partial charge < -0.3 is 9.52 Å². The van der Waals surface area contributed by atoms with Gasteiger partial charge in [0.05, 0.1) is 5.41 Å². The molecular weight excluding hydrogens is 250 g/mol. The quantitative estimate of drug-likeness (QED) is 0.839. The molecule has 0 aliphatic rings. The van der Waals surface area contributed by atoms with E-state index in [2.05, 4.69) is 4.98 Å². The predicted molar refractivity (Wildman–Crippen MR) is 70.8 cm³/mol. The molecule has 0 radical (unpaired) electrons. The normalized spacial score (nSPS) is 11.9. The number of hydrogen-bond acceptors (Lipinski definition) is 4. The van der Waals surface area contributed by atoms with Crippen molar-refractivity contribution < 1.29 is 14.3 Å². The molecule has 0 spiro atoms. The van der Waals surface area contributed by atoms with E-state index >= 15 is 0 Å². The Balaban J connectivity index is 1.96. The van der Waals surface area contributed by atoms with Crippen LogP contribution in [0.1, 0.15) is 20.3 Å². The minimum Gasteiger partial charge on any atom is -0.481 e. The molecule has 5 heteroatoms. The van der Waals surface area contributed by atoms with Crippen LogP contribution in [-0.4, -0.2) is 21.8 Å². The minimum atomic E-state index is -0.777. The summed E-state index contributed by atoms with van der Waals surface area (Å²) in [6.45, 7) is 3.45. The van der Waals surface area contributed by atoms with Gasteiger partial charge in [-0.1, -0.05) is 23.9 Å². The van der Waals surface area contributed by atoms with Crippen molar-refractivity contribution in [1.82, 2.24) is 4.98 Å². The summed E-state index contributed by atoms with van der Waals surface area (Å²) in [5.74, 6) is -0.104. The maximum Gasteiger partial charge on any atom is 0.309 e. The predicted octanol–water partition coefficient (Wildman–Crippen LogP) is 3.42. The zero-order valence-corrected chi connectivity index (χ0v) is 11.2. The van der Waals surface area contributed by atoms with Gasteiger partial charge in [0.25, 0.3) is 5.22 Å². The second-order valence-electron chi connectivity index (χ2n) is 4.73. The molecule has 0 aliphatic heterocycles. The largest absolute Gasteiger partial charge is 0.481 e. The summed E-state index contributed by atoms with van der Waals surface area (Å²) in [5, 5.41) is 9.60. The lowest BCUT2D eigenvalue weighted by Crippen LogP contribution is -2.24. The average Bonchev–Trinajstić information content (AvgIpc) is 2.70. The fraction of sp³-hybridized carbons (Fsp3) is 0.385. The number of rotatable bonds is 5. The first kappa shape index (κ1) is 13.0. The summed E-state index contributed by atoms with van der Waals surface area (Å²) < 4.78 is 5.55. The van der Waals surface area contributed by atoms with Crippen molar-refractivity contribution in [3.8, 4) is 0 Å². The van der Waals surface area contributed by atoms with Crippen molar-refractivity contribution in [3.05, 3.63) is 24.3 Å². The zero-order chi connectivity index (χ0) is 13.2. The maximum absolute atomic E-state index is 11.0. The lowest BCUT2D eigenvalue weighted by Gasteiger charge is -2.17. The topological polar surface area (TPSA) is 63.3 Å². The van der Waals surface area contributed by atoms with Crippen LogP contribution < -0.4 is 0 Å². The Labute approximate surface area is 109 Å². The van der Waals surface area contributed by atoms with Crippen LogP contribution in [0.2, 0.25) is 0 Å². The van der Waals surface area contributed by atoms with Crippen LogP contribution in [0.15, 0.2) is 33.9 Å².